The Bertz CT molecular complexity index is 403. The van der Waals surface area contributed by atoms with Crippen LogP contribution in [0.25, 0.3) is 0 Å². The summed E-state index contributed by atoms with van der Waals surface area (Å²) >= 11 is 0. The molecule has 0 radical (unpaired) electrons. The van der Waals surface area contributed by atoms with Crippen molar-refractivity contribution in [1.82, 2.24) is 5.32 Å². The van der Waals surface area contributed by atoms with E-state index in [1.54, 1.807) is 0 Å². The van der Waals surface area contributed by atoms with Crippen molar-refractivity contribution in [2.45, 2.75) is 32.2 Å². The number of nitrogens with one attached hydrogen (secondary N) is 1. The molecule has 1 rings (SSSR count). The van der Waals surface area contributed by atoms with E-state index in [4.69, 9.17) is 5.11 Å². The number of aliphatic carboxylic acids is 1. The smallest absolute Gasteiger partial charge is 0.326 e. The average molecular weight is 263 g/mol. The molecule has 0 aromatic heterocycles. The number of amides is 1. The van der Waals surface area contributed by atoms with Crippen molar-refractivity contribution >= 4 is 21.7 Å². The number of hydrogen-bond acceptors (Lipinski definition) is 4. The highest BCUT2D eigenvalue weighted by Crippen LogP contribution is 2.18. The van der Waals surface area contributed by atoms with Crippen LogP contribution in [0.15, 0.2) is 0 Å². The standard InChI is InChI=1S/C10H17NO5S/c1-2-3-8(10(13)14)11-9(12)7-4-5-17(15,16)6-7/h7-8H,2-6H2,1H3,(H,11,12)(H,13,14)/t7?,8-/m1/s1. The van der Waals surface area contributed by atoms with Crippen molar-refractivity contribution in [3.8, 4) is 0 Å². The number of sulfone groups is 1. The van der Waals surface area contributed by atoms with Crippen LogP contribution in [0.1, 0.15) is 26.2 Å². The summed E-state index contributed by atoms with van der Waals surface area (Å²) in [5.74, 6) is -2.31. The van der Waals surface area contributed by atoms with E-state index in [9.17, 15) is 18.0 Å². The Morgan fingerprint density at radius 3 is 2.53 bits per heavy atom. The minimum Gasteiger partial charge on any atom is -0.480 e. The van der Waals surface area contributed by atoms with E-state index in [1.807, 2.05) is 6.92 Å². The van der Waals surface area contributed by atoms with E-state index in [1.165, 1.54) is 0 Å². The van der Waals surface area contributed by atoms with Crippen LogP contribution in [0.5, 0.6) is 0 Å². The highest BCUT2D eigenvalue weighted by atomic mass is 32.2. The van der Waals surface area contributed by atoms with Gasteiger partial charge in [0.25, 0.3) is 0 Å². The van der Waals surface area contributed by atoms with Gasteiger partial charge in [-0.2, -0.15) is 0 Å². The van der Waals surface area contributed by atoms with Gasteiger partial charge in [0.15, 0.2) is 9.84 Å². The Labute approximate surface area is 100 Å². The molecule has 7 heteroatoms. The Balaban J connectivity index is 2.56. The minimum atomic E-state index is -3.12. The van der Waals surface area contributed by atoms with Gasteiger partial charge in [0.1, 0.15) is 6.04 Å². The van der Waals surface area contributed by atoms with E-state index in [0.29, 0.717) is 12.8 Å². The lowest BCUT2D eigenvalue weighted by atomic mass is 10.1. The summed E-state index contributed by atoms with van der Waals surface area (Å²) in [5.41, 5.74) is 0. The average Bonchev–Trinajstić information content (AvgIpc) is 2.58. The number of hydrogen-bond donors (Lipinski definition) is 2. The molecule has 6 nitrogen and oxygen atoms in total. The van der Waals surface area contributed by atoms with Gasteiger partial charge in [-0.1, -0.05) is 13.3 Å². The lowest BCUT2D eigenvalue weighted by Crippen LogP contribution is -2.43. The molecule has 1 heterocycles. The second kappa shape index (κ2) is 5.48. The normalized spacial score (nSPS) is 24.2. The van der Waals surface area contributed by atoms with Gasteiger partial charge in [-0.05, 0) is 12.8 Å². The first-order valence-corrected chi connectivity index (χ1v) is 7.41. The lowest BCUT2D eigenvalue weighted by Gasteiger charge is -2.15. The molecule has 1 amide bonds. The van der Waals surface area contributed by atoms with Gasteiger partial charge in [0.2, 0.25) is 5.91 Å². The van der Waals surface area contributed by atoms with E-state index in [0.717, 1.165) is 0 Å². The molecular weight excluding hydrogens is 246 g/mol. The van der Waals surface area contributed by atoms with Gasteiger partial charge >= 0.3 is 5.97 Å². The largest absolute Gasteiger partial charge is 0.480 e. The summed E-state index contributed by atoms with van der Waals surface area (Å²) in [6.45, 7) is 1.82. The van der Waals surface area contributed by atoms with Crippen LogP contribution in [0, 0.1) is 5.92 Å². The number of carboxylic acid groups (broad SMARTS) is 1. The molecule has 0 bridgehead atoms. The Morgan fingerprint density at radius 1 is 1.47 bits per heavy atom. The first kappa shape index (κ1) is 14.0. The molecule has 1 aliphatic rings. The predicted molar refractivity (Wildman–Crippen MR) is 61.2 cm³/mol. The summed E-state index contributed by atoms with van der Waals surface area (Å²) in [4.78, 5) is 22.5. The third kappa shape index (κ3) is 3.99. The second-order valence-electron chi connectivity index (χ2n) is 4.29. The van der Waals surface area contributed by atoms with Gasteiger partial charge in [-0.15, -0.1) is 0 Å². The molecule has 0 spiro atoms. The third-order valence-corrected chi connectivity index (χ3v) is 4.56. The van der Waals surface area contributed by atoms with Crippen LogP contribution in [-0.4, -0.2) is 42.9 Å². The maximum absolute atomic E-state index is 11.7. The zero-order valence-corrected chi connectivity index (χ0v) is 10.5. The first-order valence-electron chi connectivity index (χ1n) is 5.59. The topological polar surface area (TPSA) is 101 Å². The lowest BCUT2D eigenvalue weighted by molar-refractivity contribution is -0.142. The zero-order chi connectivity index (χ0) is 13.1. The van der Waals surface area contributed by atoms with E-state index < -0.39 is 33.7 Å². The van der Waals surface area contributed by atoms with Crippen molar-refractivity contribution in [2.75, 3.05) is 11.5 Å². The Hall–Kier alpha value is -1.11. The summed E-state index contributed by atoms with van der Waals surface area (Å²) in [7, 11) is -3.12. The second-order valence-corrected chi connectivity index (χ2v) is 6.52. The highest BCUT2D eigenvalue weighted by Gasteiger charge is 2.34. The molecular formula is C10H17NO5S. The number of carboxylic acids is 1. The summed E-state index contributed by atoms with van der Waals surface area (Å²) in [6.07, 6.45) is 1.27. The minimum absolute atomic E-state index is 0.0105. The monoisotopic (exact) mass is 263 g/mol. The maximum Gasteiger partial charge on any atom is 0.326 e. The number of carbonyl (C=O) groups is 2. The molecule has 1 aliphatic heterocycles. The van der Waals surface area contributed by atoms with Crippen molar-refractivity contribution in [3.05, 3.63) is 0 Å². The van der Waals surface area contributed by atoms with Crippen molar-refractivity contribution in [2.24, 2.45) is 5.92 Å². The molecule has 0 aromatic rings. The van der Waals surface area contributed by atoms with Crippen molar-refractivity contribution < 1.29 is 23.1 Å². The fraction of sp³-hybridized carbons (Fsp3) is 0.800. The van der Waals surface area contributed by atoms with E-state index in [-0.39, 0.29) is 17.9 Å². The van der Waals surface area contributed by atoms with Gasteiger partial charge in [-0.25, -0.2) is 13.2 Å². The SMILES string of the molecule is CCC[C@@H](NC(=O)C1CCS(=O)(=O)C1)C(=O)O. The first-order chi connectivity index (χ1) is 7.85. The molecule has 0 aromatic carbocycles. The molecule has 2 N–H and O–H groups in total. The zero-order valence-electron chi connectivity index (χ0n) is 9.68. The summed E-state index contributed by atoms with van der Waals surface area (Å²) < 4.78 is 22.4. The van der Waals surface area contributed by atoms with Crippen LogP contribution >= 0.6 is 0 Å². The van der Waals surface area contributed by atoms with Crippen LogP contribution in [0.3, 0.4) is 0 Å². The summed E-state index contributed by atoms with van der Waals surface area (Å²) in [6, 6.07) is -0.921. The van der Waals surface area contributed by atoms with Gasteiger partial charge in [0, 0.05) is 0 Å². The van der Waals surface area contributed by atoms with E-state index in [2.05, 4.69) is 5.32 Å². The predicted octanol–water partition coefficient (Wildman–Crippen LogP) is -0.209. The molecule has 1 saturated heterocycles. The Kier molecular flexibility index (Phi) is 4.50. The van der Waals surface area contributed by atoms with Crippen LogP contribution < -0.4 is 5.32 Å². The molecule has 17 heavy (non-hydrogen) atoms. The van der Waals surface area contributed by atoms with Crippen molar-refractivity contribution in [1.29, 1.82) is 0 Å². The molecule has 2 atom stereocenters. The van der Waals surface area contributed by atoms with Gasteiger partial charge in [0.05, 0.1) is 17.4 Å². The highest BCUT2D eigenvalue weighted by molar-refractivity contribution is 7.91. The third-order valence-electron chi connectivity index (χ3n) is 2.80. The van der Waals surface area contributed by atoms with Crippen molar-refractivity contribution in [3.63, 3.8) is 0 Å². The maximum atomic E-state index is 11.7. The molecule has 0 aliphatic carbocycles. The molecule has 98 valence electrons. The van der Waals surface area contributed by atoms with Gasteiger partial charge < -0.3 is 10.4 Å². The Morgan fingerprint density at radius 2 is 2.12 bits per heavy atom. The van der Waals surface area contributed by atoms with Crippen LogP contribution in [-0.2, 0) is 19.4 Å². The van der Waals surface area contributed by atoms with Gasteiger partial charge in [-0.3, -0.25) is 4.79 Å². The summed E-state index contributed by atoms with van der Waals surface area (Å²) in [5, 5.41) is 11.3. The number of rotatable bonds is 5. The van der Waals surface area contributed by atoms with Crippen LogP contribution in [0.4, 0.5) is 0 Å². The molecule has 1 fully saturated rings. The molecule has 1 unspecified atom stereocenters. The van der Waals surface area contributed by atoms with Crippen LogP contribution in [0.2, 0.25) is 0 Å². The quantitative estimate of drug-likeness (QED) is 0.715. The molecule has 0 saturated carbocycles. The fourth-order valence-corrected chi connectivity index (χ4v) is 3.58. The fourth-order valence-electron chi connectivity index (χ4n) is 1.84. The number of carbonyl (C=O) groups excluding carboxylic acids is 1. The van der Waals surface area contributed by atoms with E-state index >= 15 is 0 Å².